The molecule has 2 rings (SSSR count). The van der Waals surface area contributed by atoms with Gasteiger partial charge in [-0.25, -0.2) is 0 Å². The number of terminal acetylenes is 1. The lowest BCUT2D eigenvalue weighted by atomic mass is 9.88. The zero-order chi connectivity index (χ0) is 13.7. The summed E-state index contributed by atoms with van der Waals surface area (Å²) >= 11 is 0. The number of hydrogen-bond donors (Lipinski definition) is 1. The van der Waals surface area contributed by atoms with Gasteiger partial charge in [0.2, 0.25) is 0 Å². The summed E-state index contributed by atoms with van der Waals surface area (Å²) in [5.74, 6) is 2.73. The summed E-state index contributed by atoms with van der Waals surface area (Å²) < 4.78 is 0. The van der Waals surface area contributed by atoms with Gasteiger partial charge < -0.3 is 5.32 Å². The molecule has 1 N–H and O–H groups in total. The first-order chi connectivity index (χ1) is 9.15. The SMILES string of the molecule is C#CCCCN1CC(C)(c2ccccc2)NCC1C. The molecule has 102 valence electrons. The zero-order valence-corrected chi connectivity index (χ0v) is 12.0. The Hall–Kier alpha value is -1.30. The van der Waals surface area contributed by atoms with Gasteiger partial charge in [-0.1, -0.05) is 30.3 Å². The van der Waals surface area contributed by atoms with Crippen molar-refractivity contribution in [1.82, 2.24) is 10.2 Å². The number of rotatable bonds is 4. The highest BCUT2D eigenvalue weighted by molar-refractivity contribution is 5.25. The normalized spacial score (nSPS) is 27.9. The number of piperazine rings is 1. The van der Waals surface area contributed by atoms with E-state index in [0.29, 0.717) is 6.04 Å². The second kappa shape index (κ2) is 6.23. The molecule has 1 heterocycles. The predicted molar refractivity (Wildman–Crippen MR) is 80.9 cm³/mol. The van der Waals surface area contributed by atoms with Crippen LogP contribution >= 0.6 is 0 Å². The van der Waals surface area contributed by atoms with Gasteiger partial charge in [0.15, 0.2) is 0 Å². The third-order valence-corrected chi connectivity index (χ3v) is 4.11. The molecular formula is C17H24N2. The first-order valence-corrected chi connectivity index (χ1v) is 7.14. The summed E-state index contributed by atoms with van der Waals surface area (Å²) in [6.07, 6.45) is 7.30. The zero-order valence-electron chi connectivity index (χ0n) is 12.0. The molecule has 0 saturated carbocycles. The summed E-state index contributed by atoms with van der Waals surface area (Å²) in [7, 11) is 0. The van der Waals surface area contributed by atoms with Crippen molar-refractivity contribution in [3.63, 3.8) is 0 Å². The van der Waals surface area contributed by atoms with Gasteiger partial charge in [0, 0.05) is 25.6 Å². The van der Waals surface area contributed by atoms with Crippen LogP contribution in [0.25, 0.3) is 0 Å². The molecule has 19 heavy (non-hydrogen) atoms. The predicted octanol–water partition coefficient (Wildman–Crippen LogP) is 2.61. The van der Waals surface area contributed by atoms with E-state index in [1.807, 2.05) is 0 Å². The molecule has 0 aromatic heterocycles. The van der Waals surface area contributed by atoms with E-state index in [1.54, 1.807) is 0 Å². The quantitative estimate of drug-likeness (QED) is 0.658. The minimum atomic E-state index is 0.0455. The molecule has 0 amide bonds. The highest BCUT2D eigenvalue weighted by atomic mass is 15.2. The fourth-order valence-electron chi connectivity index (χ4n) is 2.80. The van der Waals surface area contributed by atoms with Crippen molar-refractivity contribution in [1.29, 1.82) is 0 Å². The van der Waals surface area contributed by atoms with Crippen LogP contribution in [0.15, 0.2) is 30.3 Å². The van der Waals surface area contributed by atoms with E-state index in [4.69, 9.17) is 6.42 Å². The maximum absolute atomic E-state index is 5.34. The van der Waals surface area contributed by atoms with E-state index < -0.39 is 0 Å². The van der Waals surface area contributed by atoms with Crippen molar-refractivity contribution < 1.29 is 0 Å². The summed E-state index contributed by atoms with van der Waals surface area (Å²) in [6.45, 7) is 7.75. The van der Waals surface area contributed by atoms with Crippen molar-refractivity contribution in [2.24, 2.45) is 0 Å². The first kappa shape index (κ1) is 14.1. The van der Waals surface area contributed by atoms with Crippen LogP contribution in [0.2, 0.25) is 0 Å². The molecule has 0 radical (unpaired) electrons. The van der Waals surface area contributed by atoms with Crippen LogP contribution in [0.3, 0.4) is 0 Å². The lowest BCUT2D eigenvalue weighted by molar-refractivity contribution is 0.0939. The van der Waals surface area contributed by atoms with Crippen LogP contribution in [0.1, 0.15) is 32.3 Å². The molecule has 2 atom stereocenters. The largest absolute Gasteiger partial charge is 0.305 e. The third-order valence-electron chi connectivity index (χ3n) is 4.11. The summed E-state index contributed by atoms with van der Waals surface area (Å²) in [6, 6.07) is 11.3. The van der Waals surface area contributed by atoms with E-state index in [1.165, 1.54) is 5.56 Å². The molecule has 0 spiro atoms. The number of hydrogen-bond acceptors (Lipinski definition) is 2. The molecule has 0 aliphatic carbocycles. The monoisotopic (exact) mass is 256 g/mol. The number of nitrogens with zero attached hydrogens (tertiary/aromatic N) is 1. The smallest absolute Gasteiger partial charge is 0.0535 e. The molecule has 1 aliphatic rings. The maximum atomic E-state index is 5.34. The number of nitrogens with one attached hydrogen (secondary N) is 1. The lowest BCUT2D eigenvalue weighted by Gasteiger charge is -2.45. The second-order valence-electron chi connectivity index (χ2n) is 5.71. The maximum Gasteiger partial charge on any atom is 0.0535 e. The Bertz CT molecular complexity index is 434. The molecule has 0 bridgehead atoms. The average molecular weight is 256 g/mol. The van der Waals surface area contributed by atoms with Crippen LogP contribution in [-0.2, 0) is 5.54 Å². The van der Waals surface area contributed by atoms with Crippen molar-refractivity contribution in [2.45, 2.75) is 38.3 Å². The standard InChI is InChI=1S/C17H24N2/c1-4-5-9-12-19-14-17(3,18-13-15(19)2)16-10-7-6-8-11-16/h1,6-8,10-11,15,18H,5,9,12-14H2,2-3H3. The van der Waals surface area contributed by atoms with E-state index in [-0.39, 0.29) is 5.54 Å². The van der Waals surface area contributed by atoms with Gasteiger partial charge in [-0.3, -0.25) is 4.90 Å². The summed E-state index contributed by atoms with van der Waals surface area (Å²) in [5, 5.41) is 3.70. The van der Waals surface area contributed by atoms with Crippen LogP contribution < -0.4 is 5.32 Å². The van der Waals surface area contributed by atoms with Gasteiger partial charge in [-0.15, -0.1) is 12.3 Å². The summed E-state index contributed by atoms with van der Waals surface area (Å²) in [4.78, 5) is 2.56. The minimum Gasteiger partial charge on any atom is -0.305 e. The molecule has 2 heteroatoms. The van der Waals surface area contributed by atoms with Gasteiger partial charge in [0.25, 0.3) is 0 Å². The molecular weight excluding hydrogens is 232 g/mol. The highest BCUT2D eigenvalue weighted by Gasteiger charge is 2.34. The Kier molecular flexibility index (Phi) is 4.63. The van der Waals surface area contributed by atoms with Gasteiger partial charge in [-0.05, 0) is 32.4 Å². The van der Waals surface area contributed by atoms with Gasteiger partial charge >= 0.3 is 0 Å². The van der Waals surface area contributed by atoms with Crippen molar-refractivity contribution >= 4 is 0 Å². The molecule has 2 unspecified atom stereocenters. The second-order valence-corrected chi connectivity index (χ2v) is 5.71. The molecule has 1 aromatic carbocycles. The Balaban J connectivity index is 2.06. The van der Waals surface area contributed by atoms with Gasteiger partial charge in [-0.2, -0.15) is 0 Å². The molecule has 1 aliphatic heterocycles. The van der Waals surface area contributed by atoms with E-state index in [9.17, 15) is 0 Å². The van der Waals surface area contributed by atoms with Crippen LogP contribution in [0.4, 0.5) is 0 Å². The van der Waals surface area contributed by atoms with E-state index in [2.05, 4.69) is 60.3 Å². The van der Waals surface area contributed by atoms with Crippen LogP contribution in [0, 0.1) is 12.3 Å². The van der Waals surface area contributed by atoms with Crippen LogP contribution in [0.5, 0.6) is 0 Å². The molecule has 1 saturated heterocycles. The first-order valence-electron chi connectivity index (χ1n) is 7.14. The Morgan fingerprint density at radius 1 is 1.42 bits per heavy atom. The minimum absolute atomic E-state index is 0.0455. The van der Waals surface area contributed by atoms with Crippen LogP contribution in [-0.4, -0.2) is 30.6 Å². The van der Waals surface area contributed by atoms with Gasteiger partial charge in [0.05, 0.1) is 5.54 Å². The molecule has 2 nitrogen and oxygen atoms in total. The van der Waals surface area contributed by atoms with Crippen molar-refractivity contribution in [3.8, 4) is 12.3 Å². The average Bonchev–Trinajstić information content (AvgIpc) is 2.44. The highest BCUT2D eigenvalue weighted by Crippen LogP contribution is 2.26. The Labute approximate surface area is 117 Å². The number of benzene rings is 1. The van der Waals surface area contributed by atoms with Crippen molar-refractivity contribution in [2.75, 3.05) is 19.6 Å². The topological polar surface area (TPSA) is 15.3 Å². The summed E-state index contributed by atoms with van der Waals surface area (Å²) in [5.41, 5.74) is 1.41. The third kappa shape index (κ3) is 3.37. The Morgan fingerprint density at radius 2 is 2.16 bits per heavy atom. The fraction of sp³-hybridized carbons (Fsp3) is 0.529. The lowest BCUT2D eigenvalue weighted by Crippen LogP contribution is -2.60. The Morgan fingerprint density at radius 3 is 2.84 bits per heavy atom. The van der Waals surface area contributed by atoms with E-state index >= 15 is 0 Å². The molecule has 1 aromatic rings. The van der Waals surface area contributed by atoms with E-state index in [0.717, 1.165) is 32.5 Å². The molecule has 1 fully saturated rings. The van der Waals surface area contributed by atoms with Gasteiger partial charge in [0.1, 0.15) is 0 Å². The number of unbranched alkanes of at least 4 members (excludes halogenated alkanes) is 1. The fourth-order valence-corrected chi connectivity index (χ4v) is 2.80. The van der Waals surface area contributed by atoms with Crippen molar-refractivity contribution in [3.05, 3.63) is 35.9 Å².